The molecule has 1 aliphatic rings. The number of nitrogens with two attached hydrogens (primary N) is 1. The SMILES string of the molecule is CCCC[C@](C)(CO)Nc1cc(N)nc2cc(-c3cnc(N4CCCC4)nc3)cnc12. The average Bonchev–Trinajstić information content (AvgIpc) is 3.32. The van der Waals surface area contributed by atoms with Gasteiger partial charge in [0.25, 0.3) is 0 Å². The van der Waals surface area contributed by atoms with Crippen molar-refractivity contribution >= 4 is 28.5 Å². The van der Waals surface area contributed by atoms with Crippen LogP contribution < -0.4 is 16.0 Å². The first kappa shape index (κ1) is 21.2. The van der Waals surface area contributed by atoms with Gasteiger partial charge in [-0.15, -0.1) is 0 Å². The normalized spacial score (nSPS) is 15.9. The molecule has 1 aliphatic heterocycles. The second-order valence-electron chi connectivity index (χ2n) is 8.60. The molecule has 0 unspecified atom stereocenters. The van der Waals surface area contributed by atoms with Crippen LogP contribution in [-0.4, -0.2) is 50.3 Å². The Hall–Kier alpha value is -3.00. The van der Waals surface area contributed by atoms with Crippen molar-refractivity contribution < 1.29 is 5.11 Å². The molecule has 8 nitrogen and oxygen atoms in total. The summed E-state index contributed by atoms with van der Waals surface area (Å²) >= 11 is 0. The summed E-state index contributed by atoms with van der Waals surface area (Å²) in [4.78, 5) is 20.4. The Morgan fingerprint density at radius 2 is 1.81 bits per heavy atom. The smallest absolute Gasteiger partial charge is 0.225 e. The van der Waals surface area contributed by atoms with Gasteiger partial charge in [-0.3, -0.25) is 4.98 Å². The van der Waals surface area contributed by atoms with E-state index in [1.54, 1.807) is 6.07 Å². The molecule has 3 aromatic heterocycles. The second kappa shape index (κ2) is 9.01. The van der Waals surface area contributed by atoms with Gasteiger partial charge in [-0.1, -0.05) is 19.8 Å². The van der Waals surface area contributed by atoms with Crippen molar-refractivity contribution in [2.75, 3.05) is 35.6 Å². The first-order valence-corrected chi connectivity index (χ1v) is 11.0. The van der Waals surface area contributed by atoms with E-state index < -0.39 is 5.54 Å². The van der Waals surface area contributed by atoms with E-state index in [1.165, 1.54) is 12.8 Å². The zero-order valence-corrected chi connectivity index (χ0v) is 18.3. The number of hydrogen-bond acceptors (Lipinski definition) is 8. The van der Waals surface area contributed by atoms with Gasteiger partial charge in [0.2, 0.25) is 5.95 Å². The molecule has 4 N–H and O–H groups in total. The fourth-order valence-corrected chi connectivity index (χ4v) is 4.01. The lowest BCUT2D eigenvalue weighted by molar-refractivity contribution is 0.212. The largest absolute Gasteiger partial charge is 0.394 e. The van der Waals surface area contributed by atoms with E-state index in [2.05, 4.69) is 37.1 Å². The number of aliphatic hydroxyl groups is 1. The third-order valence-electron chi connectivity index (χ3n) is 5.89. The quantitative estimate of drug-likeness (QED) is 0.505. The topological polar surface area (TPSA) is 113 Å². The van der Waals surface area contributed by atoms with E-state index in [1.807, 2.05) is 31.6 Å². The minimum absolute atomic E-state index is 0.0233. The van der Waals surface area contributed by atoms with Gasteiger partial charge in [0.1, 0.15) is 11.3 Å². The van der Waals surface area contributed by atoms with Crippen LogP contribution in [0.2, 0.25) is 0 Å². The summed E-state index contributed by atoms with van der Waals surface area (Å²) in [7, 11) is 0. The molecule has 0 aliphatic carbocycles. The molecule has 0 saturated carbocycles. The molecule has 164 valence electrons. The first-order chi connectivity index (χ1) is 15.0. The lowest BCUT2D eigenvalue weighted by Crippen LogP contribution is -2.38. The number of aliphatic hydroxyl groups excluding tert-OH is 1. The summed E-state index contributed by atoms with van der Waals surface area (Å²) in [5.41, 5.74) is 9.62. The van der Waals surface area contributed by atoms with Gasteiger partial charge in [-0.2, -0.15) is 0 Å². The van der Waals surface area contributed by atoms with Gasteiger partial charge in [0.15, 0.2) is 0 Å². The van der Waals surface area contributed by atoms with Gasteiger partial charge in [0.05, 0.1) is 23.3 Å². The zero-order valence-electron chi connectivity index (χ0n) is 18.3. The van der Waals surface area contributed by atoms with E-state index in [4.69, 9.17) is 5.73 Å². The highest BCUT2D eigenvalue weighted by molar-refractivity contribution is 5.91. The van der Waals surface area contributed by atoms with Crippen LogP contribution in [0.3, 0.4) is 0 Å². The van der Waals surface area contributed by atoms with Crippen LogP contribution in [0.4, 0.5) is 17.5 Å². The van der Waals surface area contributed by atoms with E-state index in [0.717, 1.165) is 60.6 Å². The molecule has 1 fully saturated rings. The summed E-state index contributed by atoms with van der Waals surface area (Å²) in [6, 6.07) is 3.74. The molecule has 3 aromatic rings. The fraction of sp³-hybridized carbons (Fsp3) is 0.478. The number of nitrogens with one attached hydrogen (secondary N) is 1. The molecule has 0 bridgehead atoms. The minimum atomic E-state index is -0.448. The summed E-state index contributed by atoms with van der Waals surface area (Å²) < 4.78 is 0. The van der Waals surface area contributed by atoms with Crippen LogP contribution in [0.5, 0.6) is 0 Å². The summed E-state index contributed by atoms with van der Waals surface area (Å²) in [5, 5.41) is 13.4. The average molecular weight is 422 g/mol. The monoisotopic (exact) mass is 421 g/mol. The number of nitrogen functional groups attached to an aromatic ring is 1. The second-order valence-corrected chi connectivity index (χ2v) is 8.60. The molecule has 1 atom stereocenters. The van der Waals surface area contributed by atoms with Gasteiger partial charge < -0.3 is 21.1 Å². The fourth-order valence-electron chi connectivity index (χ4n) is 4.01. The Kier molecular flexibility index (Phi) is 6.18. The Labute approximate surface area is 183 Å². The van der Waals surface area contributed by atoms with Gasteiger partial charge >= 0.3 is 0 Å². The van der Waals surface area contributed by atoms with Gasteiger partial charge in [-0.05, 0) is 32.3 Å². The van der Waals surface area contributed by atoms with E-state index in [0.29, 0.717) is 11.3 Å². The molecular formula is C23H31N7O. The summed E-state index contributed by atoms with van der Waals surface area (Å²) in [6.45, 7) is 6.21. The lowest BCUT2D eigenvalue weighted by atomic mass is 9.95. The zero-order chi connectivity index (χ0) is 21.8. The predicted molar refractivity (Wildman–Crippen MR) is 125 cm³/mol. The molecule has 0 aromatic carbocycles. The molecule has 4 rings (SSSR count). The minimum Gasteiger partial charge on any atom is -0.394 e. The van der Waals surface area contributed by atoms with Crippen molar-refractivity contribution in [2.45, 2.75) is 51.5 Å². The number of anilines is 3. The van der Waals surface area contributed by atoms with Crippen molar-refractivity contribution in [3.63, 3.8) is 0 Å². The highest BCUT2D eigenvalue weighted by Gasteiger charge is 2.24. The Morgan fingerprint density at radius 3 is 2.48 bits per heavy atom. The van der Waals surface area contributed by atoms with Crippen LogP contribution in [0.25, 0.3) is 22.2 Å². The summed E-state index contributed by atoms with van der Waals surface area (Å²) in [5.74, 6) is 1.18. The third-order valence-corrected chi connectivity index (χ3v) is 5.89. The third kappa shape index (κ3) is 4.69. The van der Waals surface area contributed by atoms with Crippen molar-refractivity contribution in [3.05, 3.63) is 30.7 Å². The van der Waals surface area contributed by atoms with E-state index >= 15 is 0 Å². The van der Waals surface area contributed by atoms with Crippen molar-refractivity contribution in [1.29, 1.82) is 0 Å². The molecule has 0 radical (unpaired) electrons. The van der Waals surface area contributed by atoms with Gasteiger partial charge in [0, 0.05) is 48.9 Å². The van der Waals surface area contributed by atoms with E-state index in [-0.39, 0.29) is 6.61 Å². The maximum absolute atomic E-state index is 9.96. The molecule has 0 spiro atoms. The number of aromatic nitrogens is 4. The van der Waals surface area contributed by atoms with Crippen LogP contribution in [0, 0.1) is 0 Å². The Balaban J connectivity index is 1.63. The number of nitrogens with zero attached hydrogens (tertiary/aromatic N) is 5. The Morgan fingerprint density at radius 1 is 1.10 bits per heavy atom. The molecule has 1 saturated heterocycles. The maximum Gasteiger partial charge on any atom is 0.225 e. The number of unbranched alkanes of at least 4 members (excludes halogenated alkanes) is 1. The number of fused-ring (bicyclic) bond motifs is 1. The number of rotatable bonds is 8. The van der Waals surface area contributed by atoms with E-state index in [9.17, 15) is 5.11 Å². The molecular weight excluding hydrogens is 390 g/mol. The number of pyridine rings is 2. The maximum atomic E-state index is 9.96. The first-order valence-electron chi connectivity index (χ1n) is 11.0. The Bertz CT molecular complexity index is 1030. The highest BCUT2D eigenvalue weighted by Crippen LogP contribution is 2.30. The molecule has 31 heavy (non-hydrogen) atoms. The van der Waals surface area contributed by atoms with Crippen LogP contribution in [0.1, 0.15) is 46.0 Å². The standard InChI is InChI=1S/C23H31N7O/c1-3-4-7-23(2,15-31)29-19-11-20(24)28-18-10-16(12-25-21(18)19)17-13-26-22(27-14-17)30-8-5-6-9-30/h10-14,31H,3-9,15H2,1-2H3,(H3,24,28,29)/t23-/m1/s1. The van der Waals surface area contributed by atoms with Crippen molar-refractivity contribution in [1.82, 2.24) is 19.9 Å². The van der Waals surface area contributed by atoms with Crippen molar-refractivity contribution in [2.24, 2.45) is 0 Å². The summed E-state index contributed by atoms with van der Waals surface area (Å²) in [6.07, 6.45) is 10.8. The van der Waals surface area contributed by atoms with Crippen molar-refractivity contribution in [3.8, 4) is 11.1 Å². The lowest BCUT2D eigenvalue weighted by Gasteiger charge is -2.30. The van der Waals surface area contributed by atoms with Crippen LogP contribution in [-0.2, 0) is 0 Å². The predicted octanol–water partition coefficient (Wildman–Crippen LogP) is 3.62. The van der Waals surface area contributed by atoms with Gasteiger partial charge in [-0.25, -0.2) is 15.0 Å². The van der Waals surface area contributed by atoms with Crippen LogP contribution in [0.15, 0.2) is 30.7 Å². The van der Waals surface area contributed by atoms with Crippen LogP contribution >= 0.6 is 0 Å². The molecule has 0 amide bonds. The highest BCUT2D eigenvalue weighted by atomic mass is 16.3. The molecule has 4 heterocycles. The number of hydrogen-bond donors (Lipinski definition) is 3. The molecule has 8 heteroatoms.